The van der Waals surface area contributed by atoms with Gasteiger partial charge >= 0.3 is 12.0 Å². The van der Waals surface area contributed by atoms with Crippen molar-refractivity contribution in [2.24, 2.45) is 0 Å². The minimum Gasteiger partial charge on any atom is -0.492 e. The fourth-order valence-corrected chi connectivity index (χ4v) is 1.85. The van der Waals surface area contributed by atoms with Gasteiger partial charge in [-0.3, -0.25) is 0 Å². The molecule has 2 amide bonds. The molecule has 0 bridgehead atoms. The molecular weight excluding hydrogens is 272 g/mol. The van der Waals surface area contributed by atoms with Crippen molar-refractivity contribution in [1.82, 2.24) is 10.2 Å². The van der Waals surface area contributed by atoms with E-state index >= 15 is 0 Å². The molecule has 0 aliphatic heterocycles. The van der Waals surface area contributed by atoms with E-state index < -0.39 is 17.5 Å². The van der Waals surface area contributed by atoms with E-state index in [9.17, 15) is 9.59 Å². The molecule has 6 nitrogen and oxygen atoms in total. The summed E-state index contributed by atoms with van der Waals surface area (Å²) in [6.07, 6.45) is 0. The summed E-state index contributed by atoms with van der Waals surface area (Å²) in [7, 11) is 0. The lowest BCUT2D eigenvalue weighted by Crippen LogP contribution is -2.56. The number of carboxylic acids is 1. The molecule has 1 aromatic rings. The third-order valence-electron chi connectivity index (χ3n) is 3.15. The Balaban J connectivity index is 2.43. The SMILES string of the molecule is CCN(C(=O)NCCOc1ccccc1)C(C)(C)C(=O)O. The van der Waals surface area contributed by atoms with Crippen LogP contribution in [-0.4, -0.2) is 47.2 Å². The largest absolute Gasteiger partial charge is 0.492 e. The van der Waals surface area contributed by atoms with Gasteiger partial charge in [-0.1, -0.05) is 18.2 Å². The number of rotatable bonds is 7. The number of carbonyl (C=O) groups excluding carboxylic acids is 1. The molecule has 0 atom stereocenters. The van der Waals surface area contributed by atoms with Crippen molar-refractivity contribution in [1.29, 1.82) is 0 Å². The third kappa shape index (κ3) is 4.66. The van der Waals surface area contributed by atoms with Gasteiger partial charge in [-0.2, -0.15) is 0 Å². The number of para-hydroxylation sites is 1. The average molecular weight is 294 g/mol. The molecule has 0 heterocycles. The zero-order valence-electron chi connectivity index (χ0n) is 12.6. The van der Waals surface area contributed by atoms with Crippen LogP contribution in [0.4, 0.5) is 4.79 Å². The minimum atomic E-state index is -1.25. The van der Waals surface area contributed by atoms with Gasteiger partial charge in [0.25, 0.3) is 0 Å². The van der Waals surface area contributed by atoms with Crippen molar-refractivity contribution in [2.75, 3.05) is 19.7 Å². The molecule has 0 fully saturated rings. The van der Waals surface area contributed by atoms with Crippen molar-refractivity contribution in [2.45, 2.75) is 26.3 Å². The summed E-state index contributed by atoms with van der Waals surface area (Å²) in [5.41, 5.74) is -1.25. The summed E-state index contributed by atoms with van der Waals surface area (Å²) in [4.78, 5) is 24.5. The number of carboxylic acid groups (broad SMARTS) is 1. The molecule has 2 N–H and O–H groups in total. The molecule has 0 radical (unpaired) electrons. The topological polar surface area (TPSA) is 78.9 Å². The Kier molecular flexibility index (Phi) is 6.02. The molecule has 0 aromatic heterocycles. The molecule has 6 heteroatoms. The van der Waals surface area contributed by atoms with E-state index in [2.05, 4.69) is 5.32 Å². The third-order valence-corrected chi connectivity index (χ3v) is 3.15. The van der Waals surface area contributed by atoms with E-state index in [1.807, 2.05) is 30.3 Å². The standard InChI is InChI=1S/C15H22N2O4/c1-4-17(15(2,3)13(18)19)14(20)16-10-11-21-12-8-6-5-7-9-12/h5-9H,4,10-11H2,1-3H3,(H,16,20)(H,18,19). The molecule has 116 valence electrons. The minimum absolute atomic E-state index is 0.305. The normalized spacial score (nSPS) is 10.8. The number of amides is 2. The van der Waals surface area contributed by atoms with Gasteiger partial charge in [-0.05, 0) is 32.9 Å². The van der Waals surface area contributed by atoms with Crippen LogP contribution in [0.1, 0.15) is 20.8 Å². The number of hydrogen-bond acceptors (Lipinski definition) is 3. The van der Waals surface area contributed by atoms with E-state index in [1.54, 1.807) is 6.92 Å². The van der Waals surface area contributed by atoms with Crippen LogP contribution in [-0.2, 0) is 4.79 Å². The monoisotopic (exact) mass is 294 g/mol. The molecule has 0 saturated heterocycles. The summed E-state index contributed by atoms with van der Waals surface area (Å²) in [6.45, 7) is 5.67. The van der Waals surface area contributed by atoms with Crippen LogP contribution < -0.4 is 10.1 Å². The number of carbonyl (C=O) groups is 2. The number of urea groups is 1. The van der Waals surface area contributed by atoms with Gasteiger partial charge < -0.3 is 20.1 Å². The summed E-state index contributed by atoms with van der Waals surface area (Å²) < 4.78 is 5.45. The zero-order valence-corrected chi connectivity index (χ0v) is 12.6. The molecule has 21 heavy (non-hydrogen) atoms. The predicted molar refractivity (Wildman–Crippen MR) is 79.4 cm³/mol. The molecular formula is C15H22N2O4. The average Bonchev–Trinajstić information content (AvgIpc) is 2.45. The van der Waals surface area contributed by atoms with E-state index in [1.165, 1.54) is 18.7 Å². The van der Waals surface area contributed by atoms with E-state index in [0.717, 1.165) is 5.75 Å². The van der Waals surface area contributed by atoms with Crippen LogP contribution in [0.3, 0.4) is 0 Å². The van der Waals surface area contributed by atoms with Gasteiger partial charge in [0.1, 0.15) is 17.9 Å². The lowest BCUT2D eigenvalue weighted by atomic mass is 10.0. The summed E-state index contributed by atoms with van der Waals surface area (Å²) in [6, 6.07) is 8.86. The Morgan fingerprint density at radius 3 is 2.43 bits per heavy atom. The van der Waals surface area contributed by atoms with Gasteiger partial charge in [-0.15, -0.1) is 0 Å². The smallest absolute Gasteiger partial charge is 0.329 e. The van der Waals surface area contributed by atoms with Crippen LogP contribution >= 0.6 is 0 Å². The number of nitrogens with one attached hydrogen (secondary N) is 1. The van der Waals surface area contributed by atoms with Crippen molar-refractivity contribution in [3.8, 4) is 5.75 Å². The van der Waals surface area contributed by atoms with E-state index in [-0.39, 0.29) is 0 Å². The van der Waals surface area contributed by atoms with E-state index in [0.29, 0.717) is 19.7 Å². The molecule has 0 aliphatic rings. The van der Waals surface area contributed by atoms with Gasteiger partial charge in [0, 0.05) is 6.54 Å². The van der Waals surface area contributed by atoms with Crippen molar-refractivity contribution < 1.29 is 19.4 Å². The Bertz CT molecular complexity index is 474. The second-order valence-electron chi connectivity index (χ2n) is 5.00. The molecule has 0 unspecified atom stereocenters. The maximum Gasteiger partial charge on any atom is 0.329 e. The highest BCUT2D eigenvalue weighted by atomic mass is 16.5. The number of ether oxygens (including phenoxy) is 1. The molecule has 0 aliphatic carbocycles. The summed E-state index contributed by atoms with van der Waals surface area (Å²) in [5.74, 6) is -0.315. The van der Waals surface area contributed by atoms with Crippen LogP contribution in [0, 0.1) is 0 Å². The fraction of sp³-hybridized carbons (Fsp3) is 0.467. The lowest BCUT2D eigenvalue weighted by Gasteiger charge is -2.34. The highest BCUT2D eigenvalue weighted by molar-refractivity contribution is 5.85. The highest BCUT2D eigenvalue weighted by Crippen LogP contribution is 2.14. The van der Waals surface area contributed by atoms with Crippen LogP contribution in [0.5, 0.6) is 5.75 Å². The summed E-state index contributed by atoms with van der Waals surface area (Å²) in [5, 5.41) is 11.8. The molecule has 1 rings (SSSR count). The predicted octanol–water partition coefficient (Wildman–Crippen LogP) is 1.96. The first-order valence-electron chi connectivity index (χ1n) is 6.86. The lowest BCUT2D eigenvalue weighted by molar-refractivity contribution is -0.147. The number of likely N-dealkylation sites (N-methyl/N-ethyl adjacent to an activating group) is 1. The van der Waals surface area contributed by atoms with Crippen LogP contribution in [0.2, 0.25) is 0 Å². The quantitative estimate of drug-likeness (QED) is 0.753. The Hall–Kier alpha value is -2.24. The van der Waals surface area contributed by atoms with E-state index in [4.69, 9.17) is 9.84 Å². The second kappa shape index (κ2) is 7.52. The van der Waals surface area contributed by atoms with Gasteiger partial charge in [0.05, 0.1) is 6.54 Å². The second-order valence-corrected chi connectivity index (χ2v) is 5.00. The Morgan fingerprint density at radius 1 is 1.29 bits per heavy atom. The summed E-state index contributed by atoms with van der Waals surface area (Å²) >= 11 is 0. The van der Waals surface area contributed by atoms with Gasteiger partial charge in [0.15, 0.2) is 0 Å². The van der Waals surface area contributed by atoms with Gasteiger partial charge in [-0.25, -0.2) is 9.59 Å². The van der Waals surface area contributed by atoms with Crippen molar-refractivity contribution >= 4 is 12.0 Å². The van der Waals surface area contributed by atoms with Crippen molar-refractivity contribution in [3.63, 3.8) is 0 Å². The Labute approximate surface area is 124 Å². The van der Waals surface area contributed by atoms with Gasteiger partial charge in [0.2, 0.25) is 0 Å². The van der Waals surface area contributed by atoms with Crippen LogP contribution in [0.25, 0.3) is 0 Å². The Morgan fingerprint density at radius 2 is 1.90 bits per heavy atom. The first-order valence-corrected chi connectivity index (χ1v) is 6.86. The number of nitrogens with zero attached hydrogens (tertiary/aromatic N) is 1. The first-order chi connectivity index (χ1) is 9.89. The fourth-order valence-electron chi connectivity index (χ4n) is 1.85. The molecule has 0 saturated carbocycles. The molecule has 0 spiro atoms. The number of benzene rings is 1. The number of aliphatic carboxylic acids is 1. The maximum absolute atomic E-state index is 12.0. The maximum atomic E-state index is 12.0. The first kappa shape index (κ1) is 16.8. The number of hydrogen-bond donors (Lipinski definition) is 2. The van der Waals surface area contributed by atoms with Crippen LogP contribution in [0.15, 0.2) is 30.3 Å². The van der Waals surface area contributed by atoms with Crippen molar-refractivity contribution in [3.05, 3.63) is 30.3 Å². The molecule has 1 aromatic carbocycles. The zero-order chi connectivity index (χ0) is 15.9. The highest BCUT2D eigenvalue weighted by Gasteiger charge is 2.36.